The van der Waals surface area contributed by atoms with Gasteiger partial charge in [-0.25, -0.2) is 0 Å². The summed E-state index contributed by atoms with van der Waals surface area (Å²) in [6.07, 6.45) is 23.4. The zero-order chi connectivity index (χ0) is 18.5. The Morgan fingerprint density at radius 2 is 1.21 bits per heavy atom. The van der Waals surface area contributed by atoms with Crippen LogP contribution in [0.25, 0.3) is 0 Å². The molecule has 0 aromatic heterocycles. The molecule has 0 heterocycles. The summed E-state index contributed by atoms with van der Waals surface area (Å²) >= 11 is 0. The van der Waals surface area contributed by atoms with E-state index in [-0.39, 0.29) is 0 Å². The Morgan fingerprint density at radius 3 is 1.89 bits per heavy atom. The molecule has 0 amide bonds. The fraction of sp³-hybridized carbons (Fsp3) is 1.00. The van der Waals surface area contributed by atoms with Crippen LogP contribution in [0.2, 0.25) is 0 Å². The number of nitrogens with one attached hydrogen (secondary N) is 1. The highest BCUT2D eigenvalue weighted by molar-refractivity contribution is 5.16. The molecule has 9 saturated carbocycles. The molecular weight excluding hydrogens is 338 g/mol. The second-order valence-corrected chi connectivity index (χ2v) is 13.5. The molecule has 0 aliphatic heterocycles. The van der Waals surface area contributed by atoms with Crippen LogP contribution in [0.3, 0.4) is 0 Å². The van der Waals surface area contributed by atoms with Crippen molar-refractivity contribution in [2.75, 3.05) is 0 Å². The highest BCUT2D eigenvalue weighted by Gasteiger charge is 2.63. The molecule has 9 aliphatic rings. The van der Waals surface area contributed by atoms with Crippen molar-refractivity contribution in [3.05, 3.63) is 0 Å². The van der Waals surface area contributed by atoms with E-state index < -0.39 is 0 Å². The average molecular weight is 382 g/mol. The van der Waals surface area contributed by atoms with Crippen molar-refractivity contribution in [1.82, 2.24) is 5.32 Å². The van der Waals surface area contributed by atoms with Gasteiger partial charge in [0.1, 0.15) is 0 Å². The van der Waals surface area contributed by atoms with Gasteiger partial charge < -0.3 is 5.32 Å². The van der Waals surface area contributed by atoms with Crippen LogP contribution < -0.4 is 5.32 Å². The standard InChI is InChI=1S/C27H43N/c1-26-13-20-10-22(24(26)21-5-3-2-4-6-21)12-23(11-20)25(26)28-27-14-17-7-18(15-27)9-19(8-17)16-27/h17-25,28H,2-16H2,1H3/t17?,18?,19?,20?,22?,23?,24?,25-,26?,27?/m0/s1. The first-order valence-corrected chi connectivity index (χ1v) is 13.4. The van der Waals surface area contributed by atoms with Crippen LogP contribution in [0.5, 0.6) is 0 Å². The van der Waals surface area contributed by atoms with Crippen LogP contribution in [0.1, 0.15) is 103 Å². The van der Waals surface area contributed by atoms with Gasteiger partial charge in [0, 0.05) is 11.6 Å². The highest BCUT2D eigenvalue weighted by atomic mass is 15.1. The number of hydrogen-bond donors (Lipinski definition) is 1. The molecule has 0 aromatic rings. The lowest BCUT2D eigenvalue weighted by Crippen LogP contribution is -2.71. The third-order valence-electron chi connectivity index (χ3n) is 11.7. The van der Waals surface area contributed by atoms with Crippen LogP contribution >= 0.6 is 0 Å². The summed E-state index contributed by atoms with van der Waals surface area (Å²) in [4.78, 5) is 0. The fourth-order valence-corrected chi connectivity index (χ4v) is 11.8. The van der Waals surface area contributed by atoms with E-state index in [1.165, 1.54) is 19.3 Å². The second kappa shape index (κ2) is 6.02. The van der Waals surface area contributed by atoms with Gasteiger partial charge in [-0.15, -0.1) is 0 Å². The van der Waals surface area contributed by atoms with Crippen molar-refractivity contribution in [1.29, 1.82) is 0 Å². The van der Waals surface area contributed by atoms with Gasteiger partial charge in [0.15, 0.2) is 0 Å². The lowest BCUT2D eigenvalue weighted by atomic mass is 9.40. The maximum Gasteiger partial charge on any atom is 0.0192 e. The van der Waals surface area contributed by atoms with Gasteiger partial charge >= 0.3 is 0 Å². The smallest absolute Gasteiger partial charge is 0.0192 e. The number of rotatable bonds is 3. The Morgan fingerprint density at radius 1 is 0.607 bits per heavy atom. The first kappa shape index (κ1) is 17.6. The van der Waals surface area contributed by atoms with Crippen LogP contribution in [0.15, 0.2) is 0 Å². The molecule has 1 heteroatoms. The van der Waals surface area contributed by atoms with E-state index in [1.807, 2.05) is 0 Å². The Bertz CT molecular complexity index is 595. The topological polar surface area (TPSA) is 12.0 Å². The van der Waals surface area contributed by atoms with E-state index in [1.54, 1.807) is 77.0 Å². The zero-order valence-corrected chi connectivity index (χ0v) is 18.3. The summed E-state index contributed by atoms with van der Waals surface area (Å²) in [5.74, 6) is 8.59. The second-order valence-electron chi connectivity index (χ2n) is 13.5. The summed E-state index contributed by atoms with van der Waals surface area (Å²) < 4.78 is 0. The minimum atomic E-state index is 0.564. The van der Waals surface area contributed by atoms with Gasteiger partial charge in [0.05, 0.1) is 0 Å². The molecule has 0 radical (unpaired) electrons. The first-order valence-electron chi connectivity index (χ1n) is 13.4. The lowest BCUT2D eigenvalue weighted by Gasteiger charge is -2.68. The summed E-state index contributed by atoms with van der Waals surface area (Å²) in [5.41, 5.74) is 1.19. The first-order chi connectivity index (χ1) is 13.6. The molecule has 6 atom stereocenters. The molecule has 9 aliphatic carbocycles. The maximum absolute atomic E-state index is 4.62. The van der Waals surface area contributed by atoms with E-state index in [0.717, 1.165) is 53.4 Å². The van der Waals surface area contributed by atoms with E-state index in [9.17, 15) is 0 Å². The maximum atomic E-state index is 4.62. The molecule has 9 fully saturated rings. The summed E-state index contributed by atoms with van der Waals surface area (Å²) in [5, 5.41) is 4.62. The zero-order valence-electron chi connectivity index (χ0n) is 18.3. The minimum Gasteiger partial charge on any atom is -0.308 e. The molecule has 0 saturated heterocycles. The average Bonchev–Trinajstić information content (AvgIpc) is 2.64. The molecule has 0 spiro atoms. The van der Waals surface area contributed by atoms with Crippen molar-refractivity contribution in [2.45, 2.75) is 115 Å². The Kier molecular flexibility index (Phi) is 3.79. The molecule has 156 valence electrons. The quantitative estimate of drug-likeness (QED) is 0.583. The molecule has 5 unspecified atom stereocenters. The van der Waals surface area contributed by atoms with Crippen LogP contribution in [-0.2, 0) is 0 Å². The Labute approximate surface area is 173 Å². The van der Waals surface area contributed by atoms with Crippen molar-refractivity contribution in [3.63, 3.8) is 0 Å². The van der Waals surface area contributed by atoms with Crippen LogP contribution in [0.4, 0.5) is 0 Å². The molecule has 0 aromatic carbocycles. The van der Waals surface area contributed by atoms with E-state index in [4.69, 9.17) is 0 Å². The van der Waals surface area contributed by atoms with Gasteiger partial charge in [0.25, 0.3) is 0 Å². The predicted octanol–water partition coefficient (Wildman–Crippen LogP) is 6.57. The molecule has 1 N–H and O–H groups in total. The van der Waals surface area contributed by atoms with Crippen molar-refractivity contribution in [2.24, 2.45) is 52.8 Å². The van der Waals surface area contributed by atoms with Gasteiger partial charge in [-0.1, -0.05) is 39.0 Å². The fourth-order valence-electron chi connectivity index (χ4n) is 11.8. The highest BCUT2D eigenvalue weighted by Crippen LogP contribution is 2.66. The minimum absolute atomic E-state index is 0.564. The van der Waals surface area contributed by atoms with Crippen molar-refractivity contribution < 1.29 is 0 Å². The largest absolute Gasteiger partial charge is 0.308 e. The summed E-state index contributed by atoms with van der Waals surface area (Å²) in [6, 6.07) is 0.864. The lowest BCUT2D eigenvalue weighted by molar-refractivity contribution is -0.164. The Balaban J connectivity index is 1.21. The molecule has 28 heavy (non-hydrogen) atoms. The SMILES string of the molecule is CC12CC3CC(CC(C3)[C@@H]1NC13CC4CC(CC(C4)C1)C3)C2C1CCCCC1. The van der Waals surface area contributed by atoms with E-state index in [0.29, 0.717) is 11.0 Å². The van der Waals surface area contributed by atoms with Gasteiger partial charge in [-0.3, -0.25) is 0 Å². The van der Waals surface area contributed by atoms with Gasteiger partial charge in [-0.2, -0.15) is 0 Å². The molecular formula is C27H43N. The van der Waals surface area contributed by atoms with E-state index in [2.05, 4.69) is 12.2 Å². The summed E-state index contributed by atoms with van der Waals surface area (Å²) in [6.45, 7) is 2.80. The van der Waals surface area contributed by atoms with E-state index >= 15 is 0 Å². The van der Waals surface area contributed by atoms with Gasteiger partial charge in [-0.05, 0) is 117 Å². The third-order valence-corrected chi connectivity index (χ3v) is 11.7. The molecule has 9 rings (SSSR count). The predicted molar refractivity (Wildman–Crippen MR) is 115 cm³/mol. The van der Waals surface area contributed by atoms with Crippen molar-refractivity contribution in [3.8, 4) is 0 Å². The molecule has 8 bridgehead atoms. The van der Waals surface area contributed by atoms with Gasteiger partial charge in [0.2, 0.25) is 0 Å². The summed E-state index contributed by atoms with van der Waals surface area (Å²) in [7, 11) is 0. The van der Waals surface area contributed by atoms with Crippen molar-refractivity contribution >= 4 is 0 Å². The third kappa shape index (κ3) is 2.47. The normalized spacial score (nSPS) is 59.9. The Hall–Kier alpha value is -0.0400. The van der Waals surface area contributed by atoms with Crippen LogP contribution in [-0.4, -0.2) is 11.6 Å². The molecule has 1 nitrogen and oxygen atoms in total. The number of hydrogen-bond acceptors (Lipinski definition) is 1. The monoisotopic (exact) mass is 381 g/mol. The van der Waals surface area contributed by atoms with Crippen LogP contribution in [0, 0.1) is 52.8 Å².